The maximum absolute atomic E-state index is 13.6. The smallest absolute Gasteiger partial charge is 0.264 e. The fourth-order valence-corrected chi connectivity index (χ4v) is 6.37. The molecule has 0 saturated carbocycles. The number of amides is 1. The Hall–Kier alpha value is -2.97. The van der Waals surface area contributed by atoms with Crippen molar-refractivity contribution in [3.05, 3.63) is 83.9 Å². The third-order valence-corrected chi connectivity index (χ3v) is 9.24. The molecule has 1 amide bonds. The Bertz CT molecular complexity index is 1290. The zero-order valence-electron chi connectivity index (χ0n) is 21.7. The number of benzene rings is 3. The van der Waals surface area contributed by atoms with Gasteiger partial charge in [-0.25, -0.2) is 8.42 Å². The fourth-order valence-electron chi connectivity index (χ4n) is 4.54. The van der Waals surface area contributed by atoms with Crippen LogP contribution < -0.4 is 14.5 Å². The van der Waals surface area contributed by atoms with E-state index in [1.165, 1.54) is 22.8 Å². The number of aryl methyl sites for hydroxylation is 1. The number of carbonyl (C=O) groups is 1. The Morgan fingerprint density at radius 3 is 2.32 bits per heavy atom. The van der Waals surface area contributed by atoms with Crippen LogP contribution in [0, 0.1) is 12.8 Å². The summed E-state index contributed by atoms with van der Waals surface area (Å²) in [6.07, 6.45) is 4.42. The van der Waals surface area contributed by atoms with E-state index in [1.807, 2.05) is 37.4 Å². The molecule has 1 unspecified atom stereocenters. The van der Waals surface area contributed by atoms with Gasteiger partial charge in [0.15, 0.2) is 0 Å². The van der Waals surface area contributed by atoms with Gasteiger partial charge in [-0.05, 0) is 86.0 Å². The van der Waals surface area contributed by atoms with Crippen LogP contribution in [-0.2, 0) is 21.4 Å². The van der Waals surface area contributed by atoms with Crippen molar-refractivity contribution in [2.75, 3.05) is 35.1 Å². The molecule has 4 rings (SSSR count). The molecule has 0 aromatic heterocycles. The van der Waals surface area contributed by atoms with Crippen molar-refractivity contribution in [1.82, 2.24) is 5.32 Å². The molecule has 0 bridgehead atoms. The van der Waals surface area contributed by atoms with E-state index in [9.17, 15) is 13.2 Å². The Kier molecular flexibility index (Phi) is 8.82. The van der Waals surface area contributed by atoms with Crippen molar-refractivity contribution >= 4 is 39.1 Å². The highest BCUT2D eigenvalue weighted by molar-refractivity contribution is 7.98. The molecule has 0 radical (unpaired) electrons. The predicted octanol–water partition coefficient (Wildman–Crippen LogP) is 5.46. The summed E-state index contributed by atoms with van der Waals surface area (Å²) in [6, 6.07) is 22.1. The summed E-state index contributed by atoms with van der Waals surface area (Å²) in [6.45, 7) is 6.39. The third-order valence-electron chi connectivity index (χ3n) is 6.70. The van der Waals surface area contributed by atoms with Crippen molar-refractivity contribution in [3.63, 3.8) is 0 Å². The van der Waals surface area contributed by atoms with E-state index < -0.39 is 10.0 Å². The predicted molar refractivity (Wildman–Crippen MR) is 153 cm³/mol. The third kappa shape index (κ3) is 6.87. The van der Waals surface area contributed by atoms with Crippen LogP contribution in [0.4, 0.5) is 11.4 Å². The van der Waals surface area contributed by atoms with E-state index >= 15 is 0 Å². The number of thioether (sulfide) groups is 1. The summed E-state index contributed by atoms with van der Waals surface area (Å²) >= 11 is 1.54. The molecule has 1 saturated heterocycles. The largest absolute Gasteiger partial charge is 0.371 e. The fraction of sp³-hybridized carbons (Fsp3) is 0.345. The van der Waals surface area contributed by atoms with Crippen LogP contribution in [0.5, 0.6) is 0 Å². The maximum Gasteiger partial charge on any atom is 0.264 e. The van der Waals surface area contributed by atoms with Crippen LogP contribution >= 0.6 is 11.8 Å². The molecule has 1 fully saturated rings. The van der Waals surface area contributed by atoms with Crippen LogP contribution in [0.2, 0.25) is 0 Å². The van der Waals surface area contributed by atoms with Gasteiger partial charge in [-0.3, -0.25) is 9.10 Å². The molecule has 3 aromatic carbocycles. The molecule has 1 N–H and O–H groups in total. The average molecular weight is 538 g/mol. The second kappa shape index (κ2) is 12.0. The van der Waals surface area contributed by atoms with Gasteiger partial charge in [-0.1, -0.05) is 36.8 Å². The van der Waals surface area contributed by atoms with Gasteiger partial charge < -0.3 is 10.2 Å². The molecule has 1 atom stereocenters. The molecule has 8 heteroatoms. The molecule has 1 aliphatic heterocycles. The van der Waals surface area contributed by atoms with E-state index in [2.05, 4.69) is 29.3 Å². The number of piperidine rings is 1. The summed E-state index contributed by atoms with van der Waals surface area (Å²) in [4.78, 5) is 16.5. The molecule has 3 aromatic rings. The number of nitrogens with one attached hydrogen (secondary N) is 1. The van der Waals surface area contributed by atoms with Crippen molar-refractivity contribution in [2.45, 2.75) is 43.0 Å². The first-order valence-electron chi connectivity index (χ1n) is 12.6. The molecular formula is C29H35N3O3S2. The van der Waals surface area contributed by atoms with E-state index in [-0.39, 0.29) is 17.3 Å². The van der Waals surface area contributed by atoms with Gasteiger partial charge in [-0.15, -0.1) is 11.8 Å². The van der Waals surface area contributed by atoms with Crippen molar-refractivity contribution < 1.29 is 13.2 Å². The van der Waals surface area contributed by atoms with E-state index in [0.29, 0.717) is 18.2 Å². The highest BCUT2D eigenvalue weighted by Gasteiger charge is 2.27. The molecule has 1 heterocycles. The van der Waals surface area contributed by atoms with E-state index in [0.717, 1.165) is 29.1 Å². The number of anilines is 2. The topological polar surface area (TPSA) is 69.7 Å². The molecule has 1 aliphatic rings. The summed E-state index contributed by atoms with van der Waals surface area (Å²) in [5.41, 5.74) is 3.64. The first-order chi connectivity index (χ1) is 17.8. The van der Waals surface area contributed by atoms with E-state index in [4.69, 9.17) is 0 Å². The minimum absolute atomic E-state index is 0.154. The number of carbonyl (C=O) groups excluding carboxylic acids is 1. The lowest BCUT2D eigenvalue weighted by molar-refractivity contribution is -0.119. The van der Waals surface area contributed by atoms with E-state index in [1.54, 1.807) is 48.2 Å². The summed E-state index contributed by atoms with van der Waals surface area (Å²) < 4.78 is 28.3. The number of hydrogen-bond donors (Lipinski definition) is 1. The Labute approximate surface area is 225 Å². The van der Waals surface area contributed by atoms with Crippen LogP contribution in [0.3, 0.4) is 0 Å². The normalized spacial score (nSPS) is 15.9. The van der Waals surface area contributed by atoms with Crippen molar-refractivity contribution in [1.29, 1.82) is 0 Å². The average Bonchev–Trinajstić information content (AvgIpc) is 2.91. The van der Waals surface area contributed by atoms with Gasteiger partial charge in [0.2, 0.25) is 5.91 Å². The first-order valence-corrected chi connectivity index (χ1v) is 15.3. The minimum Gasteiger partial charge on any atom is -0.371 e. The quantitative estimate of drug-likeness (QED) is 0.367. The van der Waals surface area contributed by atoms with Gasteiger partial charge >= 0.3 is 0 Å². The van der Waals surface area contributed by atoms with Gasteiger partial charge in [0.1, 0.15) is 6.54 Å². The van der Waals surface area contributed by atoms with Gasteiger partial charge in [0.25, 0.3) is 10.0 Å². The summed E-state index contributed by atoms with van der Waals surface area (Å²) in [7, 11) is -3.93. The van der Waals surface area contributed by atoms with Crippen LogP contribution in [0.15, 0.2) is 82.6 Å². The lowest BCUT2D eigenvalue weighted by Crippen LogP contribution is -2.40. The zero-order valence-corrected chi connectivity index (χ0v) is 23.3. The van der Waals surface area contributed by atoms with Crippen LogP contribution in [-0.4, -0.2) is 40.2 Å². The van der Waals surface area contributed by atoms with Crippen LogP contribution in [0.1, 0.15) is 30.9 Å². The van der Waals surface area contributed by atoms with Crippen molar-refractivity contribution in [2.24, 2.45) is 5.92 Å². The molecular weight excluding hydrogens is 502 g/mol. The number of rotatable bonds is 9. The summed E-state index contributed by atoms with van der Waals surface area (Å²) in [5.74, 6) is 0.336. The standard InChI is InChI=1S/C29H35N3O3S2/c1-22-6-10-26(11-7-22)32(37(34,35)28-16-14-27(36-3)15-17-28)21-29(33)30-19-24-8-12-25(13-9-24)31-18-4-5-23(2)20-31/h6-17,23H,4-5,18-21H2,1-3H3,(H,30,33). The van der Waals surface area contributed by atoms with Gasteiger partial charge in [0.05, 0.1) is 10.6 Å². The SMILES string of the molecule is CSc1ccc(S(=O)(=O)N(CC(=O)NCc2ccc(N3CCCC(C)C3)cc2)c2ccc(C)cc2)cc1. The second-order valence-electron chi connectivity index (χ2n) is 9.66. The lowest BCUT2D eigenvalue weighted by atomic mass is 9.99. The molecule has 0 aliphatic carbocycles. The van der Waals surface area contributed by atoms with Gasteiger partial charge in [0, 0.05) is 30.2 Å². The Balaban J connectivity index is 1.46. The Morgan fingerprint density at radius 2 is 1.70 bits per heavy atom. The monoisotopic (exact) mass is 537 g/mol. The van der Waals surface area contributed by atoms with Crippen LogP contribution in [0.25, 0.3) is 0 Å². The summed E-state index contributed by atoms with van der Waals surface area (Å²) in [5, 5.41) is 2.90. The number of sulfonamides is 1. The number of nitrogens with zero attached hydrogens (tertiary/aromatic N) is 2. The molecule has 0 spiro atoms. The molecule has 196 valence electrons. The molecule has 37 heavy (non-hydrogen) atoms. The molecule has 6 nitrogen and oxygen atoms in total. The second-order valence-corrected chi connectivity index (χ2v) is 12.4. The van der Waals surface area contributed by atoms with Gasteiger partial charge in [-0.2, -0.15) is 0 Å². The lowest BCUT2D eigenvalue weighted by Gasteiger charge is -2.32. The highest BCUT2D eigenvalue weighted by Crippen LogP contribution is 2.26. The minimum atomic E-state index is -3.93. The van der Waals surface area contributed by atoms with Crippen molar-refractivity contribution in [3.8, 4) is 0 Å². The zero-order chi connectivity index (χ0) is 26.4. The maximum atomic E-state index is 13.6. The number of hydrogen-bond acceptors (Lipinski definition) is 5. The first kappa shape index (κ1) is 27.1. The highest BCUT2D eigenvalue weighted by atomic mass is 32.2. The Morgan fingerprint density at radius 1 is 1.03 bits per heavy atom.